The number of hydrogen-bond donors (Lipinski definition) is 6. The molecule has 1 rings (SSSR count). The summed E-state index contributed by atoms with van der Waals surface area (Å²) in [5.41, 5.74) is 0. The Labute approximate surface area is 402 Å². The summed E-state index contributed by atoms with van der Waals surface area (Å²) in [5.74, 6) is -0.233. The van der Waals surface area contributed by atoms with Crippen molar-refractivity contribution < 1.29 is 49.3 Å². The van der Waals surface area contributed by atoms with Gasteiger partial charge in [0.05, 0.1) is 32.0 Å². The fraction of sp³-hybridized carbons (Fsp3) is 0.818. The van der Waals surface area contributed by atoms with Crippen LogP contribution in [0.1, 0.15) is 226 Å². The van der Waals surface area contributed by atoms with E-state index in [9.17, 15) is 35.1 Å². The van der Waals surface area contributed by atoms with E-state index >= 15 is 0 Å². The molecule has 11 heteroatoms. The number of carbonyl (C=O) groups excluding carboxylic acids is 2. The summed E-state index contributed by atoms with van der Waals surface area (Å²) in [6, 6.07) is -0.842. The molecular weight excluding hydrogens is 835 g/mol. The molecule has 0 radical (unpaired) electrons. The maximum Gasteiger partial charge on any atom is 0.305 e. The van der Waals surface area contributed by atoms with Gasteiger partial charge in [-0.2, -0.15) is 0 Å². The van der Waals surface area contributed by atoms with Crippen molar-refractivity contribution in [2.45, 2.75) is 269 Å². The third-order valence-electron chi connectivity index (χ3n) is 12.4. The number of allylic oxidation sites excluding steroid dienone is 7. The van der Waals surface area contributed by atoms with E-state index in [1.807, 2.05) is 6.08 Å². The molecule has 1 saturated heterocycles. The fourth-order valence-corrected chi connectivity index (χ4v) is 8.11. The number of nitrogens with one attached hydrogen (secondary N) is 1. The lowest BCUT2D eigenvalue weighted by atomic mass is 9.99. The molecule has 1 aliphatic rings. The number of amides is 1. The summed E-state index contributed by atoms with van der Waals surface area (Å²) < 4.78 is 16.6. The van der Waals surface area contributed by atoms with E-state index < -0.39 is 49.5 Å². The summed E-state index contributed by atoms with van der Waals surface area (Å²) in [7, 11) is 0. The monoisotopic (exact) mass is 934 g/mol. The summed E-state index contributed by atoms with van der Waals surface area (Å²) in [6.07, 6.45) is 44.9. The number of rotatable bonds is 45. The highest BCUT2D eigenvalue weighted by Gasteiger charge is 2.44. The largest absolute Gasteiger partial charge is 0.466 e. The first kappa shape index (κ1) is 61.6. The topological polar surface area (TPSA) is 175 Å². The third kappa shape index (κ3) is 34.8. The average molecular weight is 934 g/mol. The lowest BCUT2D eigenvalue weighted by Gasteiger charge is -2.40. The Bertz CT molecular complexity index is 1240. The van der Waals surface area contributed by atoms with E-state index in [1.54, 1.807) is 6.08 Å². The van der Waals surface area contributed by atoms with Gasteiger partial charge >= 0.3 is 5.97 Å². The summed E-state index contributed by atoms with van der Waals surface area (Å²) in [5, 5.41) is 54.1. The van der Waals surface area contributed by atoms with Crippen molar-refractivity contribution in [3.8, 4) is 0 Å². The summed E-state index contributed by atoms with van der Waals surface area (Å²) in [4.78, 5) is 25.0. The van der Waals surface area contributed by atoms with Crippen molar-refractivity contribution in [2.75, 3.05) is 19.8 Å². The standard InChI is InChI=1S/C55H99NO10/c1-3-5-7-9-11-13-22-27-31-35-39-43-51(60)64-44-40-36-32-28-24-21-19-17-15-16-18-20-23-26-30-34-38-42-50(59)56-47(46-65-55-54(63)53(62)52(61)49(45-57)66-55)48(58)41-37-33-29-25-14-12-10-8-6-4-2/h6,8,14-15,17,25,37,41,47-49,52-55,57-58,61-63H,3-5,7,9-13,16,18-24,26-36,38-40,42-46H2,1-2H3,(H,56,59)/b8-6+,17-15-,25-14+,41-37+. The molecule has 66 heavy (non-hydrogen) atoms. The predicted molar refractivity (Wildman–Crippen MR) is 269 cm³/mol. The number of aliphatic hydroxyl groups excluding tert-OH is 5. The Balaban J connectivity index is 2.13. The van der Waals surface area contributed by atoms with E-state index in [0.29, 0.717) is 25.9 Å². The van der Waals surface area contributed by atoms with E-state index in [-0.39, 0.29) is 18.5 Å². The highest BCUT2D eigenvalue weighted by atomic mass is 16.7. The highest BCUT2D eigenvalue weighted by molar-refractivity contribution is 5.76. The van der Waals surface area contributed by atoms with Gasteiger partial charge in [0.15, 0.2) is 6.29 Å². The van der Waals surface area contributed by atoms with Gasteiger partial charge in [0.2, 0.25) is 5.91 Å². The molecule has 11 nitrogen and oxygen atoms in total. The minimum absolute atomic E-state index is 0.0212. The average Bonchev–Trinajstić information content (AvgIpc) is 3.31. The van der Waals surface area contributed by atoms with Gasteiger partial charge in [0.25, 0.3) is 0 Å². The Morgan fingerprint density at radius 2 is 1.03 bits per heavy atom. The predicted octanol–water partition coefficient (Wildman–Crippen LogP) is 11.3. The van der Waals surface area contributed by atoms with Crippen molar-refractivity contribution in [3.05, 3.63) is 48.6 Å². The van der Waals surface area contributed by atoms with Crippen LogP contribution in [0.5, 0.6) is 0 Å². The summed E-state index contributed by atoms with van der Waals surface area (Å²) in [6.45, 7) is 4.15. The van der Waals surface area contributed by atoms with Gasteiger partial charge in [-0.05, 0) is 77.0 Å². The Morgan fingerprint density at radius 1 is 0.561 bits per heavy atom. The van der Waals surface area contributed by atoms with Crippen LogP contribution >= 0.6 is 0 Å². The number of carbonyl (C=O) groups is 2. The van der Waals surface area contributed by atoms with Crippen molar-refractivity contribution >= 4 is 11.9 Å². The van der Waals surface area contributed by atoms with E-state index in [2.05, 4.69) is 55.6 Å². The zero-order valence-corrected chi connectivity index (χ0v) is 41.9. The van der Waals surface area contributed by atoms with E-state index in [4.69, 9.17) is 14.2 Å². The van der Waals surface area contributed by atoms with Crippen LogP contribution in [0.2, 0.25) is 0 Å². The Kier molecular flexibility index (Phi) is 42.1. The number of aliphatic hydroxyl groups is 5. The Hall–Kier alpha value is -2.38. The molecule has 0 aromatic rings. The Morgan fingerprint density at radius 3 is 1.58 bits per heavy atom. The quantitative estimate of drug-likeness (QED) is 0.0196. The van der Waals surface area contributed by atoms with Gasteiger partial charge in [0, 0.05) is 12.8 Å². The van der Waals surface area contributed by atoms with Crippen LogP contribution in [-0.4, -0.2) is 100 Å². The van der Waals surface area contributed by atoms with Crippen molar-refractivity contribution in [3.63, 3.8) is 0 Å². The number of unbranched alkanes of at least 4 members (excludes halogenated alkanes) is 25. The zero-order chi connectivity index (χ0) is 48.1. The molecule has 0 bridgehead atoms. The molecule has 0 spiro atoms. The zero-order valence-electron chi connectivity index (χ0n) is 41.9. The van der Waals surface area contributed by atoms with Crippen LogP contribution in [0.4, 0.5) is 0 Å². The van der Waals surface area contributed by atoms with Gasteiger partial charge in [-0.15, -0.1) is 0 Å². The van der Waals surface area contributed by atoms with Crippen molar-refractivity contribution in [1.29, 1.82) is 0 Å². The highest BCUT2D eigenvalue weighted by Crippen LogP contribution is 2.23. The number of hydrogen-bond acceptors (Lipinski definition) is 10. The SMILES string of the molecule is CC/C=C/CC/C=C/CC/C=C/C(O)C(COC1OC(CO)C(O)C(O)C1O)NC(=O)CCCCCCCCC/C=C\CCCCCCCCOC(=O)CCCCCCCCCCCCC. The molecule has 384 valence electrons. The van der Waals surface area contributed by atoms with Crippen molar-refractivity contribution in [1.82, 2.24) is 5.32 Å². The van der Waals surface area contributed by atoms with E-state index in [0.717, 1.165) is 89.9 Å². The number of ether oxygens (including phenoxy) is 3. The maximum atomic E-state index is 13.0. The van der Waals surface area contributed by atoms with Crippen LogP contribution in [0.25, 0.3) is 0 Å². The minimum Gasteiger partial charge on any atom is -0.466 e. The second kappa shape index (κ2) is 45.1. The summed E-state index contributed by atoms with van der Waals surface area (Å²) >= 11 is 0. The maximum absolute atomic E-state index is 13.0. The van der Waals surface area contributed by atoms with Gasteiger partial charge in [-0.25, -0.2) is 0 Å². The molecule has 0 aromatic carbocycles. The molecule has 6 N–H and O–H groups in total. The van der Waals surface area contributed by atoms with Gasteiger partial charge in [-0.3, -0.25) is 9.59 Å². The van der Waals surface area contributed by atoms with Gasteiger partial charge < -0.3 is 45.1 Å². The van der Waals surface area contributed by atoms with Gasteiger partial charge in [0.1, 0.15) is 24.4 Å². The normalized spacial score (nSPS) is 20.0. The van der Waals surface area contributed by atoms with Crippen molar-refractivity contribution in [2.24, 2.45) is 0 Å². The second-order valence-electron chi connectivity index (χ2n) is 18.5. The van der Waals surface area contributed by atoms with E-state index in [1.165, 1.54) is 103 Å². The molecule has 1 fully saturated rings. The molecular formula is C55H99NO10. The lowest BCUT2D eigenvalue weighted by molar-refractivity contribution is -0.302. The first-order valence-electron chi connectivity index (χ1n) is 26.9. The number of esters is 1. The molecule has 0 aromatic heterocycles. The van der Waals surface area contributed by atoms with Crippen LogP contribution < -0.4 is 5.32 Å². The second-order valence-corrected chi connectivity index (χ2v) is 18.5. The van der Waals surface area contributed by atoms with Crippen LogP contribution in [0, 0.1) is 0 Å². The molecule has 1 aliphatic heterocycles. The fourth-order valence-electron chi connectivity index (χ4n) is 8.11. The third-order valence-corrected chi connectivity index (χ3v) is 12.4. The molecule has 0 aliphatic carbocycles. The molecule has 1 heterocycles. The van der Waals surface area contributed by atoms with Gasteiger partial charge in [-0.1, -0.05) is 184 Å². The first-order valence-corrected chi connectivity index (χ1v) is 26.9. The smallest absolute Gasteiger partial charge is 0.305 e. The van der Waals surface area contributed by atoms with Crippen LogP contribution in [0.3, 0.4) is 0 Å². The molecule has 7 unspecified atom stereocenters. The molecule has 1 amide bonds. The lowest BCUT2D eigenvalue weighted by Crippen LogP contribution is -2.60. The minimum atomic E-state index is -1.58. The molecule has 0 saturated carbocycles. The first-order chi connectivity index (χ1) is 32.2. The van der Waals surface area contributed by atoms with Crippen LogP contribution in [0.15, 0.2) is 48.6 Å². The van der Waals surface area contributed by atoms with Crippen LogP contribution in [-0.2, 0) is 23.8 Å². The molecule has 7 atom stereocenters.